The molecule has 0 aromatic carbocycles. The van der Waals surface area contributed by atoms with Gasteiger partial charge >= 0.3 is 0 Å². The second-order valence-electron chi connectivity index (χ2n) is 3.69. The lowest BCUT2D eigenvalue weighted by atomic mass is 10.2. The van der Waals surface area contributed by atoms with Crippen LogP contribution in [0, 0.1) is 6.92 Å². The van der Waals surface area contributed by atoms with Crippen LogP contribution in [0.5, 0.6) is 0 Å². The number of aromatic amines is 1. The summed E-state index contributed by atoms with van der Waals surface area (Å²) in [5.41, 5.74) is 1.52. The molecule has 0 bridgehead atoms. The Hall–Kier alpha value is -2.50. The molecule has 3 aromatic heterocycles. The first kappa shape index (κ1) is 9.71. The monoisotopic (exact) mass is 227 g/mol. The molecular weight excluding hydrogens is 218 g/mol. The summed E-state index contributed by atoms with van der Waals surface area (Å²) in [5.74, 6) is 1.14. The number of aryl methyl sites for hydroxylation is 1. The minimum Gasteiger partial charge on any atom is -0.291 e. The average Bonchev–Trinajstić information content (AvgIpc) is 2.74. The molecule has 17 heavy (non-hydrogen) atoms. The standard InChI is InChI=1S/C11H9N5O/c1-7-6-9(17)13-11-15-14-10(16(7)11)8-2-4-12-5-3-8/h2-6H,1H3,(H,13,15,17). The quantitative estimate of drug-likeness (QED) is 0.666. The van der Waals surface area contributed by atoms with Gasteiger partial charge in [-0.25, -0.2) is 0 Å². The third kappa shape index (κ3) is 1.50. The molecule has 84 valence electrons. The lowest BCUT2D eigenvalue weighted by Crippen LogP contribution is -2.09. The van der Waals surface area contributed by atoms with Crippen LogP contribution in [0.1, 0.15) is 5.69 Å². The van der Waals surface area contributed by atoms with Crippen molar-refractivity contribution in [3.63, 3.8) is 0 Å². The fourth-order valence-electron chi connectivity index (χ4n) is 1.79. The molecule has 0 amide bonds. The molecule has 0 saturated heterocycles. The number of nitrogens with one attached hydrogen (secondary N) is 1. The molecule has 0 radical (unpaired) electrons. The summed E-state index contributed by atoms with van der Waals surface area (Å²) in [4.78, 5) is 17.9. The first-order valence-corrected chi connectivity index (χ1v) is 5.11. The van der Waals surface area contributed by atoms with Crippen molar-refractivity contribution in [3.8, 4) is 11.4 Å². The highest BCUT2D eigenvalue weighted by Crippen LogP contribution is 2.16. The molecule has 0 aliphatic carbocycles. The van der Waals surface area contributed by atoms with Crippen molar-refractivity contribution >= 4 is 5.78 Å². The lowest BCUT2D eigenvalue weighted by molar-refractivity contribution is 1.02. The number of rotatable bonds is 1. The molecule has 6 nitrogen and oxygen atoms in total. The molecule has 6 heteroatoms. The smallest absolute Gasteiger partial charge is 0.252 e. The third-order valence-corrected chi connectivity index (χ3v) is 2.53. The zero-order chi connectivity index (χ0) is 11.8. The van der Waals surface area contributed by atoms with E-state index in [9.17, 15) is 4.79 Å². The van der Waals surface area contributed by atoms with Crippen molar-refractivity contribution in [1.82, 2.24) is 24.6 Å². The normalized spacial score (nSPS) is 10.9. The van der Waals surface area contributed by atoms with Gasteiger partial charge in [-0.3, -0.25) is 19.2 Å². The van der Waals surface area contributed by atoms with Crippen LogP contribution in [-0.2, 0) is 0 Å². The van der Waals surface area contributed by atoms with Gasteiger partial charge in [0.25, 0.3) is 5.56 Å². The molecular formula is C11H9N5O. The Kier molecular flexibility index (Phi) is 2.01. The summed E-state index contributed by atoms with van der Waals surface area (Å²) < 4.78 is 1.80. The SMILES string of the molecule is Cc1cc(=O)[nH]c2nnc(-c3ccncc3)n12. The van der Waals surface area contributed by atoms with E-state index in [1.54, 1.807) is 16.8 Å². The van der Waals surface area contributed by atoms with Crippen molar-refractivity contribution < 1.29 is 0 Å². The zero-order valence-corrected chi connectivity index (χ0v) is 9.08. The molecule has 0 unspecified atom stereocenters. The molecule has 0 aliphatic rings. The van der Waals surface area contributed by atoms with Crippen LogP contribution >= 0.6 is 0 Å². The summed E-state index contributed by atoms with van der Waals surface area (Å²) in [5, 5.41) is 8.04. The van der Waals surface area contributed by atoms with Crippen molar-refractivity contribution in [3.05, 3.63) is 46.6 Å². The second-order valence-corrected chi connectivity index (χ2v) is 3.69. The average molecular weight is 227 g/mol. The molecule has 3 heterocycles. The van der Waals surface area contributed by atoms with E-state index in [-0.39, 0.29) is 5.56 Å². The molecule has 0 aliphatic heterocycles. The van der Waals surface area contributed by atoms with E-state index in [0.29, 0.717) is 11.6 Å². The zero-order valence-electron chi connectivity index (χ0n) is 9.08. The van der Waals surface area contributed by atoms with Crippen LogP contribution in [0.2, 0.25) is 0 Å². The van der Waals surface area contributed by atoms with Gasteiger partial charge in [0, 0.05) is 29.7 Å². The van der Waals surface area contributed by atoms with E-state index >= 15 is 0 Å². The van der Waals surface area contributed by atoms with Gasteiger partial charge in [-0.2, -0.15) is 0 Å². The van der Waals surface area contributed by atoms with E-state index in [2.05, 4.69) is 20.2 Å². The van der Waals surface area contributed by atoms with Gasteiger partial charge in [-0.1, -0.05) is 0 Å². The van der Waals surface area contributed by atoms with Gasteiger partial charge in [-0.05, 0) is 19.1 Å². The Morgan fingerprint density at radius 2 is 2.00 bits per heavy atom. The molecule has 0 fully saturated rings. The number of hydrogen-bond acceptors (Lipinski definition) is 4. The molecule has 3 aromatic rings. The Labute approximate surface area is 96.0 Å². The van der Waals surface area contributed by atoms with Crippen LogP contribution in [-0.4, -0.2) is 24.6 Å². The Bertz CT molecular complexity index is 728. The van der Waals surface area contributed by atoms with E-state index in [1.807, 2.05) is 19.1 Å². The Morgan fingerprint density at radius 3 is 2.76 bits per heavy atom. The van der Waals surface area contributed by atoms with Crippen LogP contribution in [0.25, 0.3) is 17.2 Å². The molecule has 1 N–H and O–H groups in total. The molecule has 0 spiro atoms. The van der Waals surface area contributed by atoms with Crippen molar-refractivity contribution in [2.45, 2.75) is 6.92 Å². The fourth-order valence-corrected chi connectivity index (χ4v) is 1.79. The summed E-state index contributed by atoms with van der Waals surface area (Å²) in [6, 6.07) is 5.21. The minimum absolute atomic E-state index is 0.177. The molecule has 0 atom stereocenters. The highest BCUT2D eigenvalue weighted by atomic mass is 16.1. The van der Waals surface area contributed by atoms with E-state index < -0.39 is 0 Å². The van der Waals surface area contributed by atoms with Crippen molar-refractivity contribution in [1.29, 1.82) is 0 Å². The first-order valence-electron chi connectivity index (χ1n) is 5.11. The highest BCUT2D eigenvalue weighted by molar-refractivity contribution is 5.57. The maximum Gasteiger partial charge on any atom is 0.252 e. The number of pyridine rings is 1. The van der Waals surface area contributed by atoms with Crippen molar-refractivity contribution in [2.75, 3.05) is 0 Å². The summed E-state index contributed by atoms with van der Waals surface area (Å²) in [6.07, 6.45) is 3.38. The van der Waals surface area contributed by atoms with E-state index in [1.165, 1.54) is 6.07 Å². The van der Waals surface area contributed by atoms with Gasteiger partial charge in [0.1, 0.15) is 0 Å². The van der Waals surface area contributed by atoms with Crippen LogP contribution in [0.4, 0.5) is 0 Å². The second kappa shape index (κ2) is 3.51. The Morgan fingerprint density at radius 1 is 1.24 bits per heavy atom. The van der Waals surface area contributed by atoms with Gasteiger partial charge in [0.2, 0.25) is 5.78 Å². The lowest BCUT2D eigenvalue weighted by Gasteiger charge is -2.02. The van der Waals surface area contributed by atoms with Gasteiger partial charge in [-0.15, -0.1) is 10.2 Å². The number of fused-ring (bicyclic) bond motifs is 1. The summed E-state index contributed by atoms with van der Waals surface area (Å²) in [6.45, 7) is 1.84. The highest BCUT2D eigenvalue weighted by Gasteiger charge is 2.10. The number of nitrogens with zero attached hydrogens (tertiary/aromatic N) is 4. The largest absolute Gasteiger partial charge is 0.291 e. The number of H-pyrrole nitrogens is 1. The predicted molar refractivity (Wildman–Crippen MR) is 61.6 cm³/mol. The predicted octanol–water partition coefficient (Wildman–Crippen LogP) is 0.788. The molecule has 3 rings (SSSR count). The molecule has 0 saturated carbocycles. The minimum atomic E-state index is -0.177. The van der Waals surface area contributed by atoms with Crippen LogP contribution in [0.3, 0.4) is 0 Å². The summed E-state index contributed by atoms with van der Waals surface area (Å²) in [7, 11) is 0. The van der Waals surface area contributed by atoms with Gasteiger partial charge in [0.15, 0.2) is 5.82 Å². The summed E-state index contributed by atoms with van der Waals surface area (Å²) >= 11 is 0. The van der Waals surface area contributed by atoms with E-state index in [4.69, 9.17) is 0 Å². The topological polar surface area (TPSA) is 75.9 Å². The van der Waals surface area contributed by atoms with Crippen LogP contribution < -0.4 is 5.56 Å². The maximum atomic E-state index is 11.3. The van der Waals surface area contributed by atoms with Gasteiger partial charge in [0.05, 0.1) is 0 Å². The fraction of sp³-hybridized carbons (Fsp3) is 0.0909. The first-order chi connectivity index (χ1) is 8.25. The number of hydrogen-bond donors (Lipinski definition) is 1. The third-order valence-electron chi connectivity index (χ3n) is 2.53. The van der Waals surface area contributed by atoms with Crippen molar-refractivity contribution in [2.24, 2.45) is 0 Å². The number of aromatic nitrogens is 5. The maximum absolute atomic E-state index is 11.3. The van der Waals surface area contributed by atoms with E-state index in [0.717, 1.165) is 11.3 Å². The van der Waals surface area contributed by atoms with Gasteiger partial charge < -0.3 is 0 Å². The van der Waals surface area contributed by atoms with Crippen LogP contribution in [0.15, 0.2) is 35.4 Å². The Balaban J connectivity index is 2.36.